The van der Waals surface area contributed by atoms with Gasteiger partial charge in [0.15, 0.2) is 0 Å². The van der Waals surface area contributed by atoms with Gasteiger partial charge >= 0.3 is 0 Å². The quantitative estimate of drug-likeness (QED) is 0.617. The van der Waals surface area contributed by atoms with Gasteiger partial charge in [-0.2, -0.15) is 0 Å². The van der Waals surface area contributed by atoms with Crippen LogP contribution in [-0.4, -0.2) is 35.4 Å². The Kier molecular flexibility index (Phi) is 5.85. The van der Waals surface area contributed by atoms with Gasteiger partial charge in [-0.15, -0.1) is 0 Å². The third kappa shape index (κ3) is 4.39. The summed E-state index contributed by atoms with van der Waals surface area (Å²) in [5.41, 5.74) is 0.952. The summed E-state index contributed by atoms with van der Waals surface area (Å²) >= 11 is 6.10. The molecule has 0 bridgehead atoms. The van der Waals surface area contributed by atoms with Gasteiger partial charge in [-0.25, -0.2) is 0 Å². The highest BCUT2D eigenvalue weighted by Crippen LogP contribution is 2.24. The number of nitrogens with zero attached hydrogens (tertiary/aromatic N) is 2. The maximum Gasteiger partial charge on any atom is 0.270 e. The smallest absolute Gasteiger partial charge is 0.270 e. The summed E-state index contributed by atoms with van der Waals surface area (Å²) in [6, 6.07) is 13.4. The normalized spacial score (nSPS) is 15.6. The van der Waals surface area contributed by atoms with Crippen LogP contribution in [0, 0.1) is 10.1 Å². The van der Waals surface area contributed by atoms with Crippen molar-refractivity contribution in [3.8, 4) is 0 Å². The Morgan fingerprint density at radius 3 is 2.54 bits per heavy atom. The van der Waals surface area contributed by atoms with Crippen LogP contribution in [0.25, 0.3) is 0 Å². The molecule has 1 amide bonds. The monoisotopic (exact) mass is 373 g/mol. The molecule has 0 radical (unpaired) electrons. The molecule has 1 heterocycles. The predicted octanol–water partition coefficient (Wildman–Crippen LogP) is 3.82. The predicted molar refractivity (Wildman–Crippen MR) is 100 cm³/mol. The Labute approximate surface area is 156 Å². The highest BCUT2D eigenvalue weighted by Gasteiger charge is 2.23. The summed E-state index contributed by atoms with van der Waals surface area (Å²) in [6.07, 6.45) is 2.32. The maximum atomic E-state index is 12.8. The highest BCUT2D eigenvalue weighted by atomic mass is 35.5. The van der Waals surface area contributed by atoms with Gasteiger partial charge in [-0.05, 0) is 37.6 Å². The Balaban J connectivity index is 1.83. The Morgan fingerprint density at radius 1 is 1.19 bits per heavy atom. The van der Waals surface area contributed by atoms with E-state index in [0.29, 0.717) is 6.54 Å². The number of benzene rings is 2. The number of non-ortho nitro benzene ring substituents is 1. The molecule has 136 valence electrons. The molecule has 0 aliphatic carbocycles. The average Bonchev–Trinajstić information content (AvgIpc) is 3.15. The first-order valence-electron chi connectivity index (χ1n) is 8.56. The van der Waals surface area contributed by atoms with Gasteiger partial charge < -0.3 is 10.2 Å². The summed E-state index contributed by atoms with van der Waals surface area (Å²) < 4.78 is 0. The number of hydrogen-bond acceptors (Lipinski definition) is 4. The zero-order valence-corrected chi connectivity index (χ0v) is 15.0. The van der Waals surface area contributed by atoms with Crippen molar-refractivity contribution < 1.29 is 9.72 Å². The second-order valence-corrected chi connectivity index (χ2v) is 6.77. The van der Waals surface area contributed by atoms with Gasteiger partial charge in [-0.1, -0.05) is 41.9 Å². The number of carbonyl (C=O) groups is 1. The minimum atomic E-state index is -0.536. The van der Waals surface area contributed by atoms with Crippen molar-refractivity contribution >= 4 is 23.2 Å². The summed E-state index contributed by atoms with van der Waals surface area (Å²) in [5, 5.41) is 14.2. The average molecular weight is 374 g/mol. The minimum absolute atomic E-state index is 0.114. The fourth-order valence-corrected chi connectivity index (χ4v) is 3.38. The van der Waals surface area contributed by atoms with E-state index in [4.69, 9.17) is 11.6 Å². The molecule has 6 nitrogen and oxygen atoms in total. The molecular formula is C19H20ClN3O3. The van der Waals surface area contributed by atoms with E-state index in [1.54, 1.807) is 0 Å². The van der Waals surface area contributed by atoms with Crippen LogP contribution in [0.2, 0.25) is 5.02 Å². The molecule has 1 atom stereocenters. The van der Waals surface area contributed by atoms with Crippen molar-refractivity contribution in [1.29, 1.82) is 0 Å². The maximum absolute atomic E-state index is 12.8. The number of nitro groups is 1. The number of amides is 1. The van der Waals surface area contributed by atoms with Crippen molar-refractivity contribution in [1.82, 2.24) is 10.2 Å². The largest absolute Gasteiger partial charge is 0.344 e. The van der Waals surface area contributed by atoms with Crippen molar-refractivity contribution in [2.75, 3.05) is 19.6 Å². The van der Waals surface area contributed by atoms with Gasteiger partial charge in [0.1, 0.15) is 0 Å². The fourth-order valence-electron chi connectivity index (χ4n) is 3.18. The summed E-state index contributed by atoms with van der Waals surface area (Å²) in [5.74, 6) is -0.410. The molecule has 1 fully saturated rings. The van der Waals surface area contributed by atoms with E-state index in [1.165, 1.54) is 18.2 Å². The van der Waals surface area contributed by atoms with Crippen LogP contribution in [-0.2, 0) is 0 Å². The van der Waals surface area contributed by atoms with Gasteiger partial charge in [-0.3, -0.25) is 14.9 Å². The standard InChI is InChI=1S/C19H20ClN3O3/c20-17-9-8-15(23(25)26)12-16(17)19(24)21-18(13-22-10-4-5-11-22)14-6-2-1-3-7-14/h1-3,6-9,12,18H,4-5,10-11,13H2,(H,21,24). The molecule has 1 N–H and O–H groups in total. The lowest BCUT2D eigenvalue weighted by Gasteiger charge is -2.25. The Hall–Kier alpha value is -2.44. The number of nitrogens with one attached hydrogen (secondary N) is 1. The van der Waals surface area contributed by atoms with E-state index in [9.17, 15) is 14.9 Å². The van der Waals surface area contributed by atoms with Crippen LogP contribution < -0.4 is 5.32 Å². The lowest BCUT2D eigenvalue weighted by atomic mass is 10.1. The third-order valence-corrected chi connectivity index (χ3v) is 4.88. The van der Waals surface area contributed by atoms with Crippen LogP contribution in [0.3, 0.4) is 0 Å². The van der Waals surface area contributed by atoms with Crippen molar-refractivity contribution in [2.24, 2.45) is 0 Å². The molecule has 1 aliphatic rings. The lowest BCUT2D eigenvalue weighted by Crippen LogP contribution is -2.37. The Morgan fingerprint density at radius 2 is 1.88 bits per heavy atom. The van der Waals surface area contributed by atoms with Gasteiger partial charge in [0.25, 0.3) is 11.6 Å². The van der Waals surface area contributed by atoms with E-state index >= 15 is 0 Å². The van der Waals surface area contributed by atoms with Crippen LogP contribution in [0.5, 0.6) is 0 Å². The topological polar surface area (TPSA) is 75.5 Å². The number of likely N-dealkylation sites (tertiary alicyclic amines) is 1. The zero-order valence-electron chi connectivity index (χ0n) is 14.2. The number of rotatable bonds is 6. The van der Waals surface area contributed by atoms with Crippen LogP contribution in [0.4, 0.5) is 5.69 Å². The molecule has 2 aromatic rings. The molecule has 0 spiro atoms. The number of carbonyl (C=O) groups excluding carboxylic acids is 1. The fraction of sp³-hybridized carbons (Fsp3) is 0.316. The van der Waals surface area contributed by atoms with E-state index in [2.05, 4.69) is 10.2 Å². The first-order chi connectivity index (χ1) is 12.5. The van der Waals surface area contributed by atoms with E-state index < -0.39 is 10.8 Å². The molecular weight excluding hydrogens is 354 g/mol. The molecule has 0 aromatic heterocycles. The molecule has 1 unspecified atom stereocenters. The van der Waals surface area contributed by atoms with Gasteiger partial charge in [0.2, 0.25) is 0 Å². The number of hydrogen-bond donors (Lipinski definition) is 1. The van der Waals surface area contributed by atoms with E-state index in [0.717, 1.165) is 31.5 Å². The van der Waals surface area contributed by atoms with Crippen molar-refractivity contribution in [2.45, 2.75) is 18.9 Å². The number of nitro benzene ring substituents is 1. The molecule has 26 heavy (non-hydrogen) atoms. The van der Waals surface area contributed by atoms with E-state index in [-0.39, 0.29) is 22.3 Å². The Bertz CT molecular complexity index is 792. The molecule has 1 aliphatic heterocycles. The van der Waals surface area contributed by atoms with Gasteiger partial charge in [0, 0.05) is 18.7 Å². The van der Waals surface area contributed by atoms with Crippen LogP contribution >= 0.6 is 11.6 Å². The molecule has 3 rings (SSSR count). The van der Waals surface area contributed by atoms with Crippen LogP contribution in [0.1, 0.15) is 34.8 Å². The second kappa shape index (κ2) is 8.29. The first kappa shape index (κ1) is 18.4. The SMILES string of the molecule is O=C(NC(CN1CCCC1)c1ccccc1)c1cc([N+](=O)[O-])ccc1Cl. The summed E-state index contributed by atoms with van der Waals surface area (Å²) in [7, 11) is 0. The molecule has 7 heteroatoms. The second-order valence-electron chi connectivity index (χ2n) is 6.37. The third-order valence-electron chi connectivity index (χ3n) is 4.55. The number of halogens is 1. The minimum Gasteiger partial charge on any atom is -0.344 e. The summed E-state index contributed by atoms with van der Waals surface area (Å²) in [4.78, 5) is 25.5. The highest BCUT2D eigenvalue weighted by molar-refractivity contribution is 6.34. The van der Waals surface area contributed by atoms with E-state index in [1.807, 2.05) is 30.3 Å². The molecule has 1 saturated heterocycles. The first-order valence-corrected chi connectivity index (χ1v) is 8.94. The van der Waals surface area contributed by atoms with Crippen LogP contribution in [0.15, 0.2) is 48.5 Å². The van der Waals surface area contributed by atoms with Crippen molar-refractivity contribution in [3.63, 3.8) is 0 Å². The van der Waals surface area contributed by atoms with Crippen molar-refractivity contribution in [3.05, 3.63) is 74.8 Å². The summed E-state index contributed by atoms with van der Waals surface area (Å²) in [6.45, 7) is 2.72. The van der Waals surface area contributed by atoms with Gasteiger partial charge in [0.05, 0.1) is 21.6 Å². The lowest BCUT2D eigenvalue weighted by molar-refractivity contribution is -0.384. The molecule has 0 saturated carbocycles. The molecule has 2 aromatic carbocycles. The zero-order chi connectivity index (χ0) is 18.5.